The molecule has 2 aromatic heterocycles. The van der Waals surface area contributed by atoms with Gasteiger partial charge in [0, 0.05) is 30.3 Å². The summed E-state index contributed by atoms with van der Waals surface area (Å²) in [6, 6.07) is 0.433. The van der Waals surface area contributed by atoms with Gasteiger partial charge in [0.25, 0.3) is 0 Å². The molecular formula is C17H26N4O. The van der Waals surface area contributed by atoms with E-state index in [1.165, 1.54) is 24.1 Å². The minimum Gasteiger partial charge on any atom is -0.444 e. The summed E-state index contributed by atoms with van der Waals surface area (Å²) >= 11 is 0. The Morgan fingerprint density at radius 2 is 2.14 bits per heavy atom. The van der Waals surface area contributed by atoms with E-state index in [-0.39, 0.29) is 0 Å². The van der Waals surface area contributed by atoms with E-state index in [1.807, 2.05) is 17.9 Å². The average molecular weight is 302 g/mol. The van der Waals surface area contributed by atoms with Gasteiger partial charge in [-0.2, -0.15) is 5.10 Å². The van der Waals surface area contributed by atoms with E-state index in [2.05, 4.69) is 42.7 Å². The van der Waals surface area contributed by atoms with Crippen molar-refractivity contribution in [1.29, 1.82) is 0 Å². The standard InChI is InChI=1S/C17H26N4O/c1-11(2)15-9-18-16(22-15)10-21-8-6-7-14(21)17-12(3)19-20(5)13(17)4/h9,11,14H,6-8,10H2,1-5H3. The summed E-state index contributed by atoms with van der Waals surface area (Å²) in [5.74, 6) is 2.19. The number of rotatable bonds is 4. The molecule has 0 radical (unpaired) electrons. The molecule has 2 aromatic rings. The first-order chi connectivity index (χ1) is 10.5. The highest BCUT2D eigenvalue weighted by molar-refractivity contribution is 5.29. The fourth-order valence-corrected chi connectivity index (χ4v) is 3.45. The number of aromatic nitrogens is 3. The number of nitrogens with zero attached hydrogens (tertiary/aromatic N) is 4. The van der Waals surface area contributed by atoms with Gasteiger partial charge >= 0.3 is 0 Å². The molecule has 3 rings (SSSR count). The van der Waals surface area contributed by atoms with Crippen LogP contribution in [0.15, 0.2) is 10.6 Å². The molecule has 1 aliphatic heterocycles. The molecule has 3 heterocycles. The maximum absolute atomic E-state index is 5.88. The molecule has 0 bridgehead atoms. The van der Waals surface area contributed by atoms with Gasteiger partial charge < -0.3 is 4.42 Å². The predicted molar refractivity (Wildman–Crippen MR) is 85.7 cm³/mol. The molecule has 5 heteroatoms. The molecule has 1 unspecified atom stereocenters. The highest BCUT2D eigenvalue weighted by Gasteiger charge is 2.31. The van der Waals surface area contributed by atoms with Gasteiger partial charge in [-0.15, -0.1) is 0 Å². The second-order valence-electron chi connectivity index (χ2n) is 6.65. The molecule has 0 amide bonds. The quantitative estimate of drug-likeness (QED) is 0.867. The molecule has 1 aliphatic rings. The van der Waals surface area contributed by atoms with E-state index in [1.54, 1.807) is 0 Å². The lowest BCUT2D eigenvalue weighted by atomic mass is 10.0. The van der Waals surface area contributed by atoms with Crippen LogP contribution >= 0.6 is 0 Å². The van der Waals surface area contributed by atoms with Gasteiger partial charge in [-0.05, 0) is 33.2 Å². The minimum absolute atomic E-state index is 0.387. The minimum atomic E-state index is 0.387. The van der Waals surface area contributed by atoms with Crippen LogP contribution in [-0.4, -0.2) is 26.2 Å². The van der Waals surface area contributed by atoms with Crippen molar-refractivity contribution in [1.82, 2.24) is 19.7 Å². The van der Waals surface area contributed by atoms with E-state index in [9.17, 15) is 0 Å². The molecule has 5 nitrogen and oxygen atoms in total. The highest BCUT2D eigenvalue weighted by atomic mass is 16.4. The van der Waals surface area contributed by atoms with Gasteiger partial charge in [-0.1, -0.05) is 13.8 Å². The Labute approximate surface area is 132 Å². The fourth-order valence-electron chi connectivity index (χ4n) is 3.45. The van der Waals surface area contributed by atoms with Crippen molar-refractivity contribution >= 4 is 0 Å². The second kappa shape index (κ2) is 5.88. The molecule has 1 fully saturated rings. The predicted octanol–water partition coefficient (Wildman–Crippen LogP) is 3.49. The van der Waals surface area contributed by atoms with Crippen LogP contribution < -0.4 is 0 Å². The smallest absolute Gasteiger partial charge is 0.208 e. The molecule has 1 atom stereocenters. The number of hydrogen-bond donors (Lipinski definition) is 0. The third kappa shape index (κ3) is 2.70. The van der Waals surface area contributed by atoms with Crippen molar-refractivity contribution in [2.75, 3.05) is 6.54 Å². The molecule has 0 aliphatic carbocycles. The Hall–Kier alpha value is -1.62. The first kappa shape index (κ1) is 15.3. The highest BCUT2D eigenvalue weighted by Crippen LogP contribution is 2.36. The zero-order chi connectivity index (χ0) is 15.9. The number of hydrogen-bond acceptors (Lipinski definition) is 4. The molecule has 0 saturated carbocycles. The first-order valence-corrected chi connectivity index (χ1v) is 8.16. The second-order valence-corrected chi connectivity index (χ2v) is 6.65. The third-order valence-corrected chi connectivity index (χ3v) is 4.74. The normalized spacial score (nSPS) is 19.5. The van der Waals surface area contributed by atoms with Gasteiger partial charge in [0.1, 0.15) is 5.76 Å². The Bertz CT molecular complexity index is 656. The van der Waals surface area contributed by atoms with Crippen molar-refractivity contribution in [3.63, 3.8) is 0 Å². The van der Waals surface area contributed by atoms with E-state index in [4.69, 9.17) is 4.42 Å². The number of likely N-dealkylation sites (tertiary alicyclic amines) is 1. The summed E-state index contributed by atoms with van der Waals surface area (Å²) in [6.45, 7) is 10.4. The van der Waals surface area contributed by atoms with Gasteiger partial charge in [-0.3, -0.25) is 9.58 Å². The van der Waals surface area contributed by atoms with Crippen molar-refractivity contribution in [3.05, 3.63) is 34.8 Å². The maximum atomic E-state index is 5.88. The summed E-state index contributed by atoms with van der Waals surface area (Å²) in [7, 11) is 2.02. The van der Waals surface area contributed by atoms with Crippen molar-refractivity contribution in [2.24, 2.45) is 7.05 Å². The fraction of sp³-hybridized carbons (Fsp3) is 0.647. The molecule has 1 saturated heterocycles. The SMILES string of the molecule is Cc1nn(C)c(C)c1C1CCCN1Cc1ncc(C(C)C)o1. The van der Waals surface area contributed by atoms with Crippen molar-refractivity contribution in [3.8, 4) is 0 Å². The van der Waals surface area contributed by atoms with Gasteiger partial charge in [0.15, 0.2) is 0 Å². The summed E-state index contributed by atoms with van der Waals surface area (Å²) in [4.78, 5) is 6.93. The monoisotopic (exact) mass is 302 g/mol. The molecular weight excluding hydrogens is 276 g/mol. The average Bonchev–Trinajstić information content (AvgIpc) is 3.14. The summed E-state index contributed by atoms with van der Waals surface area (Å²) in [5, 5.41) is 4.57. The Kier molecular flexibility index (Phi) is 4.08. The topological polar surface area (TPSA) is 47.1 Å². The summed E-state index contributed by atoms with van der Waals surface area (Å²) in [6.07, 6.45) is 4.27. The summed E-state index contributed by atoms with van der Waals surface area (Å²) in [5.41, 5.74) is 3.80. The Morgan fingerprint density at radius 1 is 1.36 bits per heavy atom. The molecule has 0 aromatic carbocycles. The maximum Gasteiger partial charge on any atom is 0.208 e. The third-order valence-electron chi connectivity index (χ3n) is 4.74. The van der Waals surface area contributed by atoms with Crippen molar-refractivity contribution in [2.45, 2.75) is 59.0 Å². The van der Waals surface area contributed by atoms with Crippen LogP contribution in [0.5, 0.6) is 0 Å². The van der Waals surface area contributed by atoms with Crippen molar-refractivity contribution < 1.29 is 4.42 Å². The van der Waals surface area contributed by atoms with Crippen LogP contribution in [0.1, 0.15) is 67.3 Å². The zero-order valence-electron chi connectivity index (χ0n) is 14.3. The van der Waals surface area contributed by atoms with Crippen LogP contribution in [0.2, 0.25) is 0 Å². The van der Waals surface area contributed by atoms with E-state index >= 15 is 0 Å². The molecule has 0 spiro atoms. The van der Waals surface area contributed by atoms with E-state index in [0.29, 0.717) is 12.0 Å². The van der Waals surface area contributed by atoms with Crippen LogP contribution in [0, 0.1) is 13.8 Å². The van der Waals surface area contributed by atoms with E-state index in [0.717, 1.165) is 30.4 Å². The lowest BCUT2D eigenvalue weighted by Gasteiger charge is -2.23. The van der Waals surface area contributed by atoms with Crippen LogP contribution in [0.25, 0.3) is 0 Å². The first-order valence-electron chi connectivity index (χ1n) is 8.16. The number of aryl methyl sites for hydroxylation is 2. The van der Waals surface area contributed by atoms with Gasteiger partial charge in [-0.25, -0.2) is 4.98 Å². The van der Waals surface area contributed by atoms with Crippen LogP contribution in [-0.2, 0) is 13.6 Å². The zero-order valence-corrected chi connectivity index (χ0v) is 14.3. The molecule has 120 valence electrons. The number of oxazole rings is 1. The Morgan fingerprint density at radius 3 is 2.73 bits per heavy atom. The van der Waals surface area contributed by atoms with E-state index < -0.39 is 0 Å². The van der Waals surface area contributed by atoms with Gasteiger partial charge in [0.2, 0.25) is 5.89 Å². The van der Waals surface area contributed by atoms with Gasteiger partial charge in [0.05, 0.1) is 18.4 Å². The lowest BCUT2D eigenvalue weighted by molar-refractivity contribution is 0.219. The molecule has 0 N–H and O–H groups in total. The Balaban J connectivity index is 1.81. The summed E-state index contributed by atoms with van der Waals surface area (Å²) < 4.78 is 7.87. The largest absolute Gasteiger partial charge is 0.444 e. The van der Waals surface area contributed by atoms with Crippen LogP contribution in [0.3, 0.4) is 0 Å². The van der Waals surface area contributed by atoms with Crippen LogP contribution in [0.4, 0.5) is 0 Å². The lowest BCUT2D eigenvalue weighted by Crippen LogP contribution is -2.23. The molecule has 22 heavy (non-hydrogen) atoms.